The highest BCUT2D eigenvalue weighted by molar-refractivity contribution is 7.16. The number of hydrogen-bond donors (Lipinski definition) is 2. The summed E-state index contributed by atoms with van der Waals surface area (Å²) < 4.78 is 5.36. The van der Waals surface area contributed by atoms with E-state index < -0.39 is 0 Å². The molecule has 102 valence electrons. The molecule has 0 amide bonds. The third kappa shape index (κ3) is 1.72. The van der Waals surface area contributed by atoms with E-state index in [1.165, 1.54) is 23.3 Å². The van der Waals surface area contributed by atoms with Crippen LogP contribution >= 0.6 is 11.3 Å². The number of nitrogen functional groups attached to an aromatic ring is 1. The molecule has 7 nitrogen and oxygen atoms in total. The number of fused-ring (bicyclic) bond motifs is 1. The van der Waals surface area contributed by atoms with Gasteiger partial charge in [-0.25, -0.2) is 0 Å². The van der Waals surface area contributed by atoms with E-state index in [0.29, 0.717) is 17.4 Å². The van der Waals surface area contributed by atoms with E-state index in [1.807, 2.05) is 0 Å². The zero-order valence-electron chi connectivity index (χ0n) is 10.6. The Morgan fingerprint density at radius 2 is 2.20 bits per heavy atom. The van der Waals surface area contributed by atoms with E-state index in [-0.39, 0.29) is 0 Å². The van der Waals surface area contributed by atoms with Gasteiger partial charge < -0.3 is 10.3 Å². The zero-order valence-corrected chi connectivity index (χ0v) is 11.4. The van der Waals surface area contributed by atoms with Crippen LogP contribution in [0.1, 0.15) is 23.3 Å². The lowest BCUT2D eigenvalue weighted by atomic mass is 9.95. The van der Waals surface area contributed by atoms with Gasteiger partial charge in [0, 0.05) is 4.88 Å². The molecule has 0 unspecified atom stereocenters. The smallest absolute Gasteiger partial charge is 0.261 e. The summed E-state index contributed by atoms with van der Waals surface area (Å²) in [5.41, 5.74) is 8.88. The maximum atomic E-state index is 6.14. The zero-order chi connectivity index (χ0) is 13.5. The molecule has 1 aliphatic rings. The van der Waals surface area contributed by atoms with Crippen molar-refractivity contribution in [3.63, 3.8) is 0 Å². The van der Waals surface area contributed by atoms with Crippen LogP contribution in [-0.4, -0.2) is 25.6 Å². The molecule has 0 saturated heterocycles. The van der Waals surface area contributed by atoms with Crippen molar-refractivity contribution in [1.29, 1.82) is 0 Å². The number of rotatable bonds is 2. The van der Waals surface area contributed by atoms with Crippen LogP contribution in [0.25, 0.3) is 23.0 Å². The van der Waals surface area contributed by atoms with Gasteiger partial charge in [-0.05, 0) is 31.2 Å². The molecular weight excluding hydrogens is 276 g/mol. The second-order valence-electron chi connectivity index (χ2n) is 4.73. The fourth-order valence-electron chi connectivity index (χ4n) is 2.56. The maximum absolute atomic E-state index is 6.14. The minimum Gasteiger partial charge on any atom is -0.390 e. The molecule has 3 N–H and O–H groups in total. The molecule has 0 aromatic carbocycles. The monoisotopic (exact) mass is 288 g/mol. The molecule has 0 aliphatic heterocycles. The topological polar surface area (TPSA) is 107 Å². The number of aryl methyl sites for hydroxylation is 1. The molecule has 0 bridgehead atoms. The van der Waals surface area contributed by atoms with Crippen molar-refractivity contribution in [2.45, 2.75) is 25.7 Å². The molecule has 4 rings (SSSR count). The number of hydrogen-bond acceptors (Lipinski definition) is 7. The highest BCUT2D eigenvalue weighted by Gasteiger charge is 2.24. The van der Waals surface area contributed by atoms with E-state index in [9.17, 15) is 0 Å². The fourth-order valence-corrected chi connectivity index (χ4v) is 3.71. The second kappa shape index (κ2) is 4.41. The molecule has 0 spiro atoms. The van der Waals surface area contributed by atoms with Gasteiger partial charge in [0.05, 0.1) is 16.8 Å². The third-order valence-electron chi connectivity index (χ3n) is 3.48. The first-order valence-corrected chi connectivity index (χ1v) is 7.25. The summed E-state index contributed by atoms with van der Waals surface area (Å²) in [6.07, 6.45) is 6.08. The number of nitrogens with two attached hydrogens (primary N) is 1. The maximum Gasteiger partial charge on any atom is 0.261 e. The van der Waals surface area contributed by atoms with Gasteiger partial charge in [-0.1, -0.05) is 5.16 Å². The summed E-state index contributed by atoms with van der Waals surface area (Å²) in [6.45, 7) is 0. The molecule has 8 heteroatoms. The first-order chi connectivity index (χ1) is 9.83. The summed E-state index contributed by atoms with van der Waals surface area (Å²) in [6, 6.07) is 0. The number of anilines is 1. The second-order valence-corrected chi connectivity index (χ2v) is 5.87. The van der Waals surface area contributed by atoms with Gasteiger partial charge in [0.15, 0.2) is 5.69 Å². The van der Waals surface area contributed by atoms with Crippen LogP contribution in [0.3, 0.4) is 0 Å². The van der Waals surface area contributed by atoms with E-state index in [0.717, 1.165) is 23.4 Å². The number of H-pyrrole nitrogens is 1. The Morgan fingerprint density at radius 1 is 1.30 bits per heavy atom. The SMILES string of the molecule is Nc1sc2c(c1-c1nc(-c3cn[nH]n3)no1)CCCC2. The molecule has 3 aromatic rings. The summed E-state index contributed by atoms with van der Waals surface area (Å²) in [4.78, 5) is 5.74. The van der Waals surface area contributed by atoms with Crippen molar-refractivity contribution in [1.82, 2.24) is 25.6 Å². The molecule has 0 fully saturated rings. The van der Waals surface area contributed by atoms with E-state index in [2.05, 4.69) is 25.6 Å². The van der Waals surface area contributed by atoms with Crippen LogP contribution in [-0.2, 0) is 12.8 Å². The van der Waals surface area contributed by atoms with Crippen molar-refractivity contribution in [2.75, 3.05) is 5.73 Å². The lowest BCUT2D eigenvalue weighted by Gasteiger charge is -2.10. The highest BCUT2D eigenvalue weighted by Crippen LogP contribution is 2.42. The average Bonchev–Trinajstić information content (AvgIpc) is 3.16. The number of thiophene rings is 1. The van der Waals surface area contributed by atoms with Crippen LogP contribution in [0, 0.1) is 0 Å². The number of nitrogens with one attached hydrogen (secondary N) is 1. The highest BCUT2D eigenvalue weighted by atomic mass is 32.1. The van der Waals surface area contributed by atoms with Crippen molar-refractivity contribution >= 4 is 16.3 Å². The molecule has 0 saturated carbocycles. The lowest BCUT2D eigenvalue weighted by molar-refractivity contribution is 0.432. The van der Waals surface area contributed by atoms with Crippen molar-refractivity contribution in [2.24, 2.45) is 0 Å². The van der Waals surface area contributed by atoms with Crippen LogP contribution in [0.2, 0.25) is 0 Å². The van der Waals surface area contributed by atoms with Gasteiger partial charge in [0.1, 0.15) is 0 Å². The van der Waals surface area contributed by atoms with E-state index in [1.54, 1.807) is 17.5 Å². The number of aromatic nitrogens is 5. The molecule has 20 heavy (non-hydrogen) atoms. The molecule has 0 atom stereocenters. The minimum absolute atomic E-state index is 0.420. The molecule has 1 aliphatic carbocycles. The van der Waals surface area contributed by atoms with Gasteiger partial charge in [0.2, 0.25) is 5.82 Å². The van der Waals surface area contributed by atoms with Gasteiger partial charge >= 0.3 is 0 Å². The lowest BCUT2D eigenvalue weighted by Crippen LogP contribution is -1.99. The predicted molar refractivity (Wildman–Crippen MR) is 74.0 cm³/mol. The van der Waals surface area contributed by atoms with E-state index >= 15 is 0 Å². The Labute approximate surface area is 118 Å². The normalized spacial score (nSPS) is 14.4. The quantitative estimate of drug-likeness (QED) is 0.747. The summed E-state index contributed by atoms with van der Waals surface area (Å²) >= 11 is 1.63. The van der Waals surface area contributed by atoms with Crippen molar-refractivity contribution in [3.05, 3.63) is 16.6 Å². The molecule has 0 radical (unpaired) electrons. The Morgan fingerprint density at radius 3 is 3.05 bits per heavy atom. The summed E-state index contributed by atoms with van der Waals surface area (Å²) in [7, 11) is 0. The molecule has 3 heterocycles. The first kappa shape index (κ1) is 11.6. The minimum atomic E-state index is 0.420. The summed E-state index contributed by atoms with van der Waals surface area (Å²) in [5.74, 6) is 0.892. The fraction of sp³-hybridized carbons (Fsp3) is 0.333. The Kier molecular flexibility index (Phi) is 2.56. The average molecular weight is 288 g/mol. The van der Waals surface area contributed by atoms with Crippen LogP contribution in [0.5, 0.6) is 0 Å². The predicted octanol–water partition coefficient (Wildman–Crippen LogP) is 2.04. The number of aromatic amines is 1. The molecule has 3 aromatic heterocycles. The number of nitrogens with zero attached hydrogens (tertiary/aromatic N) is 4. The van der Waals surface area contributed by atoms with Gasteiger partial charge in [-0.15, -0.1) is 11.3 Å². The molecular formula is C12H12N6OS. The summed E-state index contributed by atoms with van der Waals surface area (Å²) in [5, 5.41) is 14.9. The first-order valence-electron chi connectivity index (χ1n) is 6.43. The van der Waals surface area contributed by atoms with Crippen LogP contribution in [0.15, 0.2) is 10.7 Å². The van der Waals surface area contributed by atoms with Gasteiger partial charge in [-0.3, -0.25) is 0 Å². The Balaban J connectivity index is 1.80. The van der Waals surface area contributed by atoms with Crippen molar-refractivity contribution < 1.29 is 4.52 Å². The van der Waals surface area contributed by atoms with E-state index in [4.69, 9.17) is 10.3 Å². The van der Waals surface area contributed by atoms with Gasteiger partial charge in [0.25, 0.3) is 5.89 Å². The van der Waals surface area contributed by atoms with Crippen LogP contribution < -0.4 is 5.73 Å². The van der Waals surface area contributed by atoms with Crippen molar-refractivity contribution in [3.8, 4) is 23.0 Å². The van der Waals surface area contributed by atoms with Gasteiger partial charge in [-0.2, -0.15) is 20.4 Å². The third-order valence-corrected chi connectivity index (χ3v) is 4.60. The Hall–Kier alpha value is -2.22. The standard InChI is InChI=1S/C12H12N6OS/c13-10-9(6-3-1-2-4-8(6)20-10)12-15-11(17-19-12)7-5-14-18-16-7/h5H,1-4,13H2,(H,14,16,18). The largest absolute Gasteiger partial charge is 0.390 e. The Bertz CT molecular complexity index is 744. The van der Waals surface area contributed by atoms with Crippen LogP contribution in [0.4, 0.5) is 5.00 Å².